The lowest BCUT2D eigenvalue weighted by Crippen LogP contribution is -2.12. The summed E-state index contributed by atoms with van der Waals surface area (Å²) in [6.07, 6.45) is 0. The Kier molecular flexibility index (Phi) is 4.11. The van der Waals surface area contributed by atoms with Gasteiger partial charge in [0, 0.05) is 11.1 Å². The largest absolute Gasteiger partial charge is 0.495 e. The number of para-hydroxylation sites is 2. The Labute approximate surface area is 150 Å². The van der Waals surface area contributed by atoms with Crippen LogP contribution in [0, 0.1) is 0 Å². The Hall–Kier alpha value is -3.60. The standard InChI is InChI=1S/C21H16N2O3/c1-25-19-10-6-5-9-18(19)22-21(24)15-11-12-17-16(13-15)20(26-23-17)14-7-3-2-4-8-14/h2-13H,1H3,(H,22,24). The van der Waals surface area contributed by atoms with Gasteiger partial charge < -0.3 is 14.6 Å². The van der Waals surface area contributed by atoms with Gasteiger partial charge in [-0.1, -0.05) is 47.6 Å². The number of aromatic nitrogens is 1. The predicted molar refractivity (Wildman–Crippen MR) is 100 cm³/mol. The van der Waals surface area contributed by atoms with E-state index in [1.165, 1.54) is 0 Å². The van der Waals surface area contributed by atoms with Gasteiger partial charge in [0.05, 0.1) is 18.2 Å². The Morgan fingerprint density at radius 1 is 1.00 bits per heavy atom. The molecule has 3 aromatic carbocycles. The van der Waals surface area contributed by atoms with Crippen LogP contribution in [0.1, 0.15) is 10.4 Å². The van der Waals surface area contributed by atoms with Gasteiger partial charge in [-0.25, -0.2) is 0 Å². The second-order valence-corrected chi connectivity index (χ2v) is 5.76. The van der Waals surface area contributed by atoms with Crippen molar-refractivity contribution in [1.29, 1.82) is 0 Å². The van der Waals surface area contributed by atoms with Crippen molar-refractivity contribution in [2.45, 2.75) is 0 Å². The first-order valence-corrected chi connectivity index (χ1v) is 8.15. The number of hydrogen-bond acceptors (Lipinski definition) is 4. The summed E-state index contributed by atoms with van der Waals surface area (Å²) in [5.74, 6) is 1.03. The van der Waals surface area contributed by atoms with Gasteiger partial charge >= 0.3 is 0 Å². The number of hydrogen-bond donors (Lipinski definition) is 1. The van der Waals surface area contributed by atoms with E-state index >= 15 is 0 Å². The quantitative estimate of drug-likeness (QED) is 0.580. The molecule has 0 spiro atoms. The van der Waals surface area contributed by atoms with E-state index in [9.17, 15) is 4.79 Å². The van der Waals surface area contributed by atoms with Crippen molar-refractivity contribution in [3.8, 4) is 17.1 Å². The molecule has 0 aliphatic carbocycles. The summed E-state index contributed by atoms with van der Waals surface area (Å²) in [7, 11) is 1.57. The molecule has 0 unspecified atom stereocenters. The van der Waals surface area contributed by atoms with E-state index < -0.39 is 0 Å². The molecule has 0 saturated carbocycles. The average Bonchev–Trinajstić information content (AvgIpc) is 3.12. The highest BCUT2D eigenvalue weighted by Crippen LogP contribution is 2.30. The van der Waals surface area contributed by atoms with Crippen LogP contribution < -0.4 is 10.1 Å². The molecule has 0 fully saturated rings. The van der Waals surface area contributed by atoms with Gasteiger partial charge in [-0.3, -0.25) is 4.79 Å². The summed E-state index contributed by atoms with van der Waals surface area (Å²) in [5, 5.41) is 7.75. The van der Waals surface area contributed by atoms with Crippen molar-refractivity contribution in [3.05, 3.63) is 78.4 Å². The second-order valence-electron chi connectivity index (χ2n) is 5.76. The molecule has 1 aromatic heterocycles. The fourth-order valence-corrected chi connectivity index (χ4v) is 2.82. The monoisotopic (exact) mass is 344 g/mol. The van der Waals surface area contributed by atoms with E-state index in [1.807, 2.05) is 42.5 Å². The Balaban J connectivity index is 1.70. The smallest absolute Gasteiger partial charge is 0.255 e. The molecule has 0 atom stereocenters. The van der Waals surface area contributed by atoms with Gasteiger partial charge in [-0.15, -0.1) is 0 Å². The molecule has 0 aliphatic rings. The van der Waals surface area contributed by atoms with Crippen LogP contribution in [0.4, 0.5) is 5.69 Å². The van der Waals surface area contributed by atoms with Crippen LogP contribution in [0.2, 0.25) is 0 Å². The van der Waals surface area contributed by atoms with Crippen molar-refractivity contribution in [1.82, 2.24) is 5.16 Å². The van der Waals surface area contributed by atoms with Crippen LogP contribution in [0.5, 0.6) is 5.75 Å². The summed E-state index contributed by atoms with van der Waals surface area (Å²) in [5.41, 5.74) is 2.76. The van der Waals surface area contributed by atoms with E-state index in [4.69, 9.17) is 9.26 Å². The predicted octanol–water partition coefficient (Wildman–Crippen LogP) is 4.76. The maximum Gasteiger partial charge on any atom is 0.255 e. The molecule has 0 bridgehead atoms. The van der Waals surface area contributed by atoms with Crippen molar-refractivity contribution in [3.63, 3.8) is 0 Å². The number of ether oxygens (including phenoxy) is 1. The molecule has 1 amide bonds. The zero-order valence-corrected chi connectivity index (χ0v) is 14.1. The zero-order valence-electron chi connectivity index (χ0n) is 14.1. The number of carbonyl (C=O) groups is 1. The highest BCUT2D eigenvalue weighted by atomic mass is 16.5. The molecular formula is C21H16N2O3. The van der Waals surface area contributed by atoms with E-state index in [0.29, 0.717) is 28.3 Å². The summed E-state index contributed by atoms with van der Waals surface area (Å²) < 4.78 is 10.8. The van der Waals surface area contributed by atoms with Gasteiger partial charge in [0.2, 0.25) is 0 Å². The van der Waals surface area contributed by atoms with Crippen molar-refractivity contribution >= 4 is 22.5 Å². The van der Waals surface area contributed by atoms with E-state index in [1.54, 1.807) is 37.4 Å². The first-order chi connectivity index (χ1) is 12.8. The van der Waals surface area contributed by atoms with Gasteiger partial charge in [0.25, 0.3) is 5.91 Å². The molecule has 0 radical (unpaired) electrons. The number of amides is 1. The van der Waals surface area contributed by atoms with Crippen LogP contribution in [0.25, 0.3) is 22.2 Å². The maximum atomic E-state index is 12.7. The topological polar surface area (TPSA) is 64.4 Å². The molecule has 5 heteroatoms. The number of benzene rings is 3. The fourth-order valence-electron chi connectivity index (χ4n) is 2.82. The Morgan fingerprint density at radius 2 is 1.77 bits per heavy atom. The minimum Gasteiger partial charge on any atom is -0.495 e. The number of methoxy groups -OCH3 is 1. The number of nitrogens with zero attached hydrogens (tertiary/aromatic N) is 1. The summed E-state index contributed by atoms with van der Waals surface area (Å²) in [4.78, 5) is 12.7. The van der Waals surface area contributed by atoms with Crippen LogP contribution in [-0.4, -0.2) is 18.2 Å². The molecule has 1 N–H and O–H groups in total. The van der Waals surface area contributed by atoms with E-state index in [0.717, 1.165) is 10.9 Å². The molecule has 26 heavy (non-hydrogen) atoms. The maximum absolute atomic E-state index is 12.7. The first kappa shape index (κ1) is 15.9. The van der Waals surface area contributed by atoms with E-state index in [2.05, 4.69) is 10.5 Å². The molecule has 5 nitrogen and oxygen atoms in total. The number of anilines is 1. The van der Waals surface area contributed by atoms with Crippen LogP contribution in [0.3, 0.4) is 0 Å². The van der Waals surface area contributed by atoms with Crippen molar-refractivity contribution < 1.29 is 14.1 Å². The van der Waals surface area contributed by atoms with Crippen LogP contribution in [0.15, 0.2) is 77.3 Å². The number of fused-ring (bicyclic) bond motifs is 1. The molecule has 128 valence electrons. The number of nitrogens with one attached hydrogen (secondary N) is 1. The number of rotatable bonds is 4. The summed E-state index contributed by atoms with van der Waals surface area (Å²) in [6, 6.07) is 22.3. The normalized spacial score (nSPS) is 10.7. The molecule has 0 saturated heterocycles. The highest BCUT2D eigenvalue weighted by Gasteiger charge is 2.15. The summed E-state index contributed by atoms with van der Waals surface area (Å²) >= 11 is 0. The lowest BCUT2D eigenvalue weighted by molar-refractivity contribution is 0.102. The minimum absolute atomic E-state index is 0.225. The van der Waals surface area contributed by atoms with E-state index in [-0.39, 0.29) is 5.91 Å². The lowest BCUT2D eigenvalue weighted by atomic mass is 10.1. The van der Waals surface area contributed by atoms with Gasteiger partial charge in [0.1, 0.15) is 11.3 Å². The summed E-state index contributed by atoms with van der Waals surface area (Å²) in [6.45, 7) is 0. The molecular weight excluding hydrogens is 328 g/mol. The third kappa shape index (κ3) is 2.91. The van der Waals surface area contributed by atoms with Crippen LogP contribution >= 0.6 is 0 Å². The van der Waals surface area contributed by atoms with Gasteiger partial charge in [0.15, 0.2) is 5.76 Å². The first-order valence-electron chi connectivity index (χ1n) is 8.15. The van der Waals surface area contributed by atoms with Gasteiger partial charge in [-0.05, 0) is 30.3 Å². The Morgan fingerprint density at radius 3 is 2.58 bits per heavy atom. The van der Waals surface area contributed by atoms with Crippen LogP contribution in [-0.2, 0) is 0 Å². The highest BCUT2D eigenvalue weighted by molar-refractivity contribution is 6.08. The van der Waals surface area contributed by atoms with Crippen molar-refractivity contribution in [2.75, 3.05) is 12.4 Å². The SMILES string of the molecule is COc1ccccc1NC(=O)c1ccc2noc(-c3ccccc3)c2c1. The number of carbonyl (C=O) groups excluding carboxylic acids is 1. The minimum atomic E-state index is -0.225. The third-order valence-corrected chi connectivity index (χ3v) is 4.13. The third-order valence-electron chi connectivity index (χ3n) is 4.13. The second kappa shape index (κ2) is 6.72. The molecule has 0 aliphatic heterocycles. The molecule has 1 heterocycles. The zero-order chi connectivity index (χ0) is 17.9. The molecule has 4 aromatic rings. The lowest BCUT2D eigenvalue weighted by Gasteiger charge is -2.09. The van der Waals surface area contributed by atoms with Crippen molar-refractivity contribution in [2.24, 2.45) is 0 Å². The fraction of sp³-hybridized carbons (Fsp3) is 0.0476. The average molecular weight is 344 g/mol. The Bertz CT molecular complexity index is 1070. The van der Waals surface area contributed by atoms with Gasteiger partial charge in [-0.2, -0.15) is 0 Å². The molecule has 4 rings (SSSR count).